The zero-order valence-electron chi connectivity index (χ0n) is 6.13. The van der Waals surface area contributed by atoms with Crippen LogP contribution >= 0.6 is 35.6 Å². The van der Waals surface area contributed by atoms with Crippen LogP contribution in [0.25, 0.3) is 0 Å². The number of benzene rings is 1. The normalized spacial score (nSPS) is 15.2. The minimum atomic E-state index is 0.746. The third kappa shape index (κ3) is 1.44. The summed E-state index contributed by atoms with van der Waals surface area (Å²) in [5, 5.41) is 3.84. The van der Waals surface area contributed by atoms with Gasteiger partial charge >= 0.3 is 0 Å². The van der Waals surface area contributed by atoms with Gasteiger partial charge < -0.3 is 5.32 Å². The van der Waals surface area contributed by atoms with E-state index in [0.29, 0.717) is 0 Å². The van der Waals surface area contributed by atoms with Gasteiger partial charge in [-0.05, 0) is 11.6 Å². The molecule has 0 fully saturated rings. The Balaban J connectivity index is 2.50. The summed E-state index contributed by atoms with van der Waals surface area (Å²) in [6.07, 6.45) is 0. The summed E-state index contributed by atoms with van der Waals surface area (Å²) in [7, 11) is 0. The SMILES string of the molecule is S=C1Nc2c(Cl)cccc2CS1. The van der Waals surface area contributed by atoms with E-state index in [0.717, 1.165) is 20.8 Å². The average molecular weight is 216 g/mol. The molecule has 0 bridgehead atoms. The smallest absolute Gasteiger partial charge is 0.138 e. The zero-order chi connectivity index (χ0) is 8.55. The van der Waals surface area contributed by atoms with Crippen molar-refractivity contribution in [3.63, 3.8) is 0 Å². The van der Waals surface area contributed by atoms with Crippen LogP contribution in [0.3, 0.4) is 0 Å². The number of thioether (sulfide) groups is 1. The molecule has 1 aromatic rings. The lowest BCUT2D eigenvalue weighted by molar-refractivity contribution is 1.40. The first kappa shape index (κ1) is 8.35. The Morgan fingerprint density at radius 3 is 3.17 bits per heavy atom. The number of anilines is 1. The van der Waals surface area contributed by atoms with Crippen molar-refractivity contribution in [3.8, 4) is 0 Å². The maximum atomic E-state index is 5.98. The van der Waals surface area contributed by atoms with Crippen LogP contribution in [0, 0.1) is 0 Å². The Labute approximate surface area is 85.5 Å². The van der Waals surface area contributed by atoms with Crippen LogP contribution in [-0.2, 0) is 5.75 Å². The molecule has 0 atom stereocenters. The van der Waals surface area contributed by atoms with Gasteiger partial charge in [-0.25, -0.2) is 0 Å². The van der Waals surface area contributed by atoms with Crippen LogP contribution in [0.1, 0.15) is 5.56 Å². The first-order valence-electron chi connectivity index (χ1n) is 3.48. The molecule has 0 unspecified atom stereocenters. The Morgan fingerprint density at radius 2 is 2.33 bits per heavy atom. The molecule has 1 aliphatic rings. The molecule has 0 saturated heterocycles. The van der Waals surface area contributed by atoms with Crippen LogP contribution < -0.4 is 5.32 Å². The average Bonchev–Trinajstić information content (AvgIpc) is 2.07. The maximum absolute atomic E-state index is 5.98. The van der Waals surface area contributed by atoms with E-state index in [-0.39, 0.29) is 0 Å². The highest BCUT2D eigenvalue weighted by Gasteiger charge is 2.14. The van der Waals surface area contributed by atoms with Gasteiger partial charge in [0.2, 0.25) is 0 Å². The van der Waals surface area contributed by atoms with E-state index in [4.69, 9.17) is 23.8 Å². The van der Waals surface area contributed by atoms with Gasteiger partial charge in [0.05, 0.1) is 10.7 Å². The molecule has 1 nitrogen and oxygen atoms in total. The maximum Gasteiger partial charge on any atom is 0.138 e. The van der Waals surface area contributed by atoms with Crippen molar-refractivity contribution in [2.75, 3.05) is 5.32 Å². The van der Waals surface area contributed by atoms with Crippen LogP contribution in [0.4, 0.5) is 5.69 Å². The number of halogens is 1. The molecule has 1 N–H and O–H groups in total. The third-order valence-corrected chi connectivity index (χ3v) is 3.28. The fourth-order valence-corrected chi connectivity index (χ4v) is 2.33. The third-order valence-electron chi connectivity index (χ3n) is 1.69. The minimum Gasteiger partial charge on any atom is -0.340 e. The van der Waals surface area contributed by atoms with E-state index in [9.17, 15) is 0 Å². The van der Waals surface area contributed by atoms with E-state index in [1.54, 1.807) is 11.8 Å². The lowest BCUT2D eigenvalue weighted by atomic mass is 10.2. The van der Waals surface area contributed by atoms with Crippen LogP contribution in [0.2, 0.25) is 5.02 Å². The molecule has 0 amide bonds. The molecule has 1 aromatic carbocycles. The van der Waals surface area contributed by atoms with Gasteiger partial charge in [0.25, 0.3) is 0 Å². The van der Waals surface area contributed by atoms with Crippen molar-refractivity contribution >= 4 is 45.6 Å². The standard InChI is InChI=1S/C8H6ClNS2/c9-6-3-1-2-5-4-12-8(11)10-7(5)6/h1-3H,4H2,(H,10,11). The summed E-state index contributed by atoms with van der Waals surface area (Å²) in [5.74, 6) is 0.918. The fourth-order valence-electron chi connectivity index (χ4n) is 1.11. The van der Waals surface area contributed by atoms with Crippen molar-refractivity contribution in [2.24, 2.45) is 0 Å². The molecule has 62 valence electrons. The fraction of sp³-hybridized carbons (Fsp3) is 0.125. The molecule has 0 radical (unpaired) electrons. The van der Waals surface area contributed by atoms with Gasteiger partial charge in [-0.3, -0.25) is 0 Å². The summed E-state index contributed by atoms with van der Waals surface area (Å²) in [6.45, 7) is 0. The van der Waals surface area contributed by atoms with Crippen molar-refractivity contribution in [1.29, 1.82) is 0 Å². The molecule has 0 saturated carbocycles. The topological polar surface area (TPSA) is 12.0 Å². The zero-order valence-corrected chi connectivity index (χ0v) is 8.52. The second-order valence-corrected chi connectivity index (χ2v) is 4.53. The largest absolute Gasteiger partial charge is 0.340 e. The minimum absolute atomic E-state index is 0.746. The van der Waals surface area contributed by atoms with Crippen LogP contribution in [0.15, 0.2) is 18.2 Å². The lowest BCUT2D eigenvalue weighted by Crippen LogP contribution is -2.12. The monoisotopic (exact) mass is 215 g/mol. The number of hydrogen-bond donors (Lipinski definition) is 1. The van der Waals surface area contributed by atoms with Crippen LogP contribution in [0.5, 0.6) is 0 Å². The van der Waals surface area contributed by atoms with Crippen molar-refractivity contribution < 1.29 is 0 Å². The second kappa shape index (κ2) is 3.24. The molecular formula is C8H6ClNS2. The highest BCUT2D eigenvalue weighted by Crippen LogP contribution is 2.33. The molecule has 12 heavy (non-hydrogen) atoms. The van der Waals surface area contributed by atoms with E-state index in [1.807, 2.05) is 12.1 Å². The molecule has 1 aliphatic heterocycles. The van der Waals surface area contributed by atoms with Gasteiger partial charge in [-0.15, -0.1) is 0 Å². The number of rotatable bonds is 0. The molecule has 4 heteroatoms. The molecular weight excluding hydrogens is 210 g/mol. The first-order chi connectivity index (χ1) is 5.77. The molecule has 0 aliphatic carbocycles. The van der Waals surface area contributed by atoms with E-state index >= 15 is 0 Å². The van der Waals surface area contributed by atoms with Crippen LogP contribution in [-0.4, -0.2) is 4.32 Å². The van der Waals surface area contributed by atoms with Crippen molar-refractivity contribution in [2.45, 2.75) is 5.75 Å². The Morgan fingerprint density at radius 1 is 1.50 bits per heavy atom. The summed E-state index contributed by atoms with van der Waals surface area (Å²) < 4.78 is 0.801. The van der Waals surface area contributed by atoms with Gasteiger partial charge in [0.15, 0.2) is 0 Å². The highest BCUT2D eigenvalue weighted by molar-refractivity contribution is 8.22. The number of hydrogen-bond acceptors (Lipinski definition) is 2. The van der Waals surface area contributed by atoms with Gasteiger partial charge in [-0.1, -0.05) is 47.7 Å². The summed E-state index contributed by atoms with van der Waals surface area (Å²) in [6, 6.07) is 5.88. The molecule has 0 aromatic heterocycles. The summed E-state index contributed by atoms with van der Waals surface area (Å²) in [5.41, 5.74) is 2.20. The highest BCUT2D eigenvalue weighted by atomic mass is 35.5. The summed E-state index contributed by atoms with van der Waals surface area (Å²) >= 11 is 12.6. The molecule has 0 spiro atoms. The number of fused-ring (bicyclic) bond motifs is 1. The van der Waals surface area contributed by atoms with Crippen molar-refractivity contribution in [1.82, 2.24) is 0 Å². The number of nitrogens with one attached hydrogen (secondary N) is 1. The number of thiocarbonyl (C=S) groups is 1. The Kier molecular flexibility index (Phi) is 2.26. The number of para-hydroxylation sites is 1. The summed E-state index contributed by atoms with van der Waals surface area (Å²) in [4.78, 5) is 0. The first-order valence-corrected chi connectivity index (χ1v) is 5.26. The quantitative estimate of drug-likeness (QED) is 0.668. The van der Waals surface area contributed by atoms with E-state index in [1.165, 1.54) is 5.56 Å². The molecule has 1 heterocycles. The van der Waals surface area contributed by atoms with E-state index in [2.05, 4.69) is 11.4 Å². The second-order valence-electron chi connectivity index (χ2n) is 2.48. The van der Waals surface area contributed by atoms with Gasteiger partial charge in [-0.2, -0.15) is 0 Å². The predicted molar refractivity (Wildman–Crippen MR) is 59.0 cm³/mol. The van der Waals surface area contributed by atoms with Crippen molar-refractivity contribution in [3.05, 3.63) is 28.8 Å². The molecule has 2 rings (SSSR count). The predicted octanol–water partition coefficient (Wildman–Crippen LogP) is 3.28. The Bertz CT molecular complexity index is 338. The van der Waals surface area contributed by atoms with Gasteiger partial charge in [0, 0.05) is 5.75 Å². The van der Waals surface area contributed by atoms with E-state index < -0.39 is 0 Å². The van der Waals surface area contributed by atoms with Gasteiger partial charge in [0.1, 0.15) is 4.32 Å². The lowest BCUT2D eigenvalue weighted by Gasteiger charge is -2.18. The Hall–Kier alpha value is -0.250.